The maximum atomic E-state index is 5.70. The molecule has 1 atom stereocenters. The van der Waals surface area contributed by atoms with Crippen LogP contribution < -0.4 is 0 Å². The summed E-state index contributed by atoms with van der Waals surface area (Å²) in [5, 5.41) is 13.3. The molecule has 0 saturated heterocycles. The van der Waals surface area contributed by atoms with Crippen molar-refractivity contribution >= 4 is 27.7 Å². The summed E-state index contributed by atoms with van der Waals surface area (Å²) in [4.78, 5) is 4.31. The maximum Gasteiger partial charge on any atom is 0.239 e. The van der Waals surface area contributed by atoms with E-state index in [1.165, 1.54) is 11.8 Å². The Morgan fingerprint density at radius 1 is 1.15 bits per heavy atom. The van der Waals surface area contributed by atoms with Crippen LogP contribution in [0.1, 0.15) is 29.5 Å². The zero-order valence-electron chi connectivity index (χ0n) is 14.7. The van der Waals surface area contributed by atoms with Crippen LogP contribution in [0.5, 0.6) is 0 Å². The fourth-order valence-corrected chi connectivity index (χ4v) is 3.77. The Kier molecular flexibility index (Phi) is 5.13. The van der Waals surface area contributed by atoms with E-state index in [-0.39, 0.29) is 5.25 Å². The van der Waals surface area contributed by atoms with Crippen LogP contribution in [-0.4, -0.2) is 24.9 Å². The van der Waals surface area contributed by atoms with E-state index in [1.54, 1.807) is 6.92 Å². The minimum Gasteiger partial charge on any atom is -0.446 e. The molecule has 4 aromatic rings. The summed E-state index contributed by atoms with van der Waals surface area (Å²) in [5.74, 6) is 2.50. The second-order valence-corrected chi connectivity index (χ2v) is 8.01. The van der Waals surface area contributed by atoms with Crippen LogP contribution in [0.4, 0.5) is 0 Å². The summed E-state index contributed by atoms with van der Waals surface area (Å²) in [7, 11) is 0. The third kappa shape index (κ3) is 3.98. The van der Waals surface area contributed by atoms with Gasteiger partial charge in [0.1, 0.15) is 0 Å². The molecular weight excluding hydrogens is 430 g/mol. The number of nitrogens with zero attached hydrogens (tertiary/aromatic N) is 5. The van der Waals surface area contributed by atoms with Gasteiger partial charge in [0.15, 0.2) is 21.4 Å². The lowest BCUT2D eigenvalue weighted by atomic mass is 10.2. The monoisotopic (exact) mass is 445 g/mol. The summed E-state index contributed by atoms with van der Waals surface area (Å²) in [6.45, 7) is 4.43. The Labute approximate surface area is 168 Å². The Hall–Kier alpha value is -2.39. The van der Waals surface area contributed by atoms with E-state index < -0.39 is 0 Å². The smallest absolute Gasteiger partial charge is 0.239 e. The van der Waals surface area contributed by atoms with Crippen LogP contribution in [0.25, 0.3) is 11.6 Å². The summed E-state index contributed by atoms with van der Waals surface area (Å²) >= 11 is 4.86. The molecule has 0 saturated carbocycles. The van der Waals surface area contributed by atoms with E-state index in [4.69, 9.17) is 8.94 Å². The number of rotatable bonds is 6. The number of thioether (sulfide) groups is 1. The van der Waals surface area contributed by atoms with Gasteiger partial charge in [-0.2, -0.15) is 4.98 Å². The van der Waals surface area contributed by atoms with Crippen molar-refractivity contribution < 1.29 is 8.94 Å². The first-order chi connectivity index (χ1) is 13.1. The third-order valence-electron chi connectivity index (χ3n) is 3.87. The SMILES string of the molecule is Cc1noc(C(C)Sc2nnc(-c3ccc(Br)o3)n2Cc2ccccc2)n1. The van der Waals surface area contributed by atoms with Gasteiger partial charge in [-0.05, 0) is 47.5 Å². The van der Waals surface area contributed by atoms with E-state index >= 15 is 0 Å². The van der Waals surface area contributed by atoms with Crippen molar-refractivity contribution in [1.82, 2.24) is 24.9 Å². The topological polar surface area (TPSA) is 82.8 Å². The predicted molar refractivity (Wildman–Crippen MR) is 104 cm³/mol. The van der Waals surface area contributed by atoms with E-state index in [0.717, 1.165) is 10.7 Å². The van der Waals surface area contributed by atoms with Gasteiger partial charge in [0.25, 0.3) is 0 Å². The number of halogens is 1. The summed E-state index contributed by atoms with van der Waals surface area (Å²) in [5.41, 5.74) is 1.15. The van der Waals surface area contributed by atoms with Gasteiger partial charge < -0.3 is 8.94 Å². The lowest BCUT2D eigenvalue weighted by Gasteiger charge is -2.11. The van der Waals surface area contributed by atoms with Crippen molar-refractivity contribution in [2.45, 2.75) is 30.8 Å². The second-order valence-electron chi connectivity index (χ2n) is 5.92. The van der Waals surface area contributed by atoms with Gasteiger partial charge in [-0.3, -0.25) is 4.57 Å². The number of aryl methyl sites for hydroxylation is 1. The fourth-order valence-electron chi connectivity index (χ4n) is 2.59. The molecule has 9 heteroatoms. The molecule has 0 radical (unpaired) electrons. The molecule has 27 heavy (non-hydrogen) atoms. The zero-order chi connectivity index (χ0) is 18.8. The van der Waals surface area contributed by atoms with Gasteiger partial charge in [-0.25, -0.2) is 0 Å². The van der Waals surface area contributed by atoms with Crippen LogP contribution in [-0.2, 0) is 6.54 Å². The number of benzene rings is 1. The summed E-state index contributed by atoms with van der Waals surface area (Å²) in [6, 6.07) is 13.9. The van der Waals surface area contributed by atoms with Crippen LogP contribution in [0.2, 0.25) is 0 Å². The Bertz CT molecular complexity index is 1040. The number of hydrogen-bond donors (Lipinski definition) is 0. The number of aromatic nitrogens is 5. The molecule has 138 valence electrons. The Balaban J connectivity index is 1.69. The van der Waals surface area contributed by atoms with E-state index in [2.05, 4.69) is 48.4 Å². The zero-order valence-corrected chi connectivity index (χ0v) is 17.1. The number of hydrogen-bond acceptors (Lipinski definition) is 7. The second kappa shape index (κ2) is 7.69. The largest absolute Gasteiger partial charge is 0.446 e. The van der Waals surface area contributed by atoms with Crippen LogP contribution >= 0.6 is 27.7 Å². The van der Waals surface area contributed by atoms with Crippen molar-refractivity contribution in [3.63, 3.8) is 0 Å². The van der Waals surface area contributed by atoms with Gasteiger partial charge in [0.05, 0.1) is 11.8 Å². The minimum absolute atomic E-state index is 0.0545. The van der Waals surface area contributed by atoms with Gasteiger partial charge >= 0.3 is 0 Å². The molecule has 0 N–H and O–H groups in total. The molecule has 3 aromatic heterocycles. The first-order valence-corrected chi connectivity index (χ1v) is 9.97. The average molecular weight is 446 g/mol. The highest BCUT2D eigenvalue weighted by atomic mass is 79.9. The van der Waals surface area contributed by atoms with Crippen molar-refractivity contribution in [2.75, 3.05) is 0 Å². The Morgan fingerprint density at radius 2 is 1.96 bits per heavy atom. The highest BCUT2D eigenvalue weighted by Crippen LogP contribution is 2.35. The molecule has 0 spiro atoms. The van der Waals surface area contributed by atoms with Crippen LogP contribution in [0, 0.1) is 6.92 Å². The molecule has 1 aromatic carbocycles. The maximum absolute atomic E-state index is 5.70. The highest BCUT2D eigenvalue weighted by molar-refractivity contribution is 9.10. The normalized spacial score (nSPS) is 12.4. The lowest BCUT2D eigenvalue weighted by Crippen LogP contribution is -2.04. The molecule has 0 amide bonds. The minimum atomic E-state index is -0.0545. The van der Waals surface area contributed by atoms with Gasteiger partial charge in [0.2, 0.25) is 11.7 Å². The molecular formula is C18H16BrN5O2S. The quantitative estimate of drug-likeness (QED) is 0.390. The molecule has 7 nitrogen and oxygen atoms in total. The van der Waals surface area contributed by atoms with Crippen molar-refractivity contribution in [2.24, 2.45) is 0 Å². The van der Waals surface area contributed by atoms with Crippen molar-refractivity contribution in [1.29, 1.82) is 0 Å². The molecule has 3 heterocycles. The highest BCUT2D eigenvalue weighted by Gasteiger charge is 2.22. The summed E-state index contributed by atoms with van der Waals surface area (Å²) < 4.78 is 13.7. The molecule has 4 rings (SSSR count). The standard InChI is InChI=1S/C18H16BrN5O2S/c1-11(17-20-12(2)23-26-17)27-18-22-21-16(14-8-9-15(19)25-14)24(18)10-13-6-4-3-5-7-13/h3-9,11H,10H2,1-2H3. The van der Waals surface area contributed by atoms with E-state index in [0.29, 0.717) is 34.5 Å². The molecule has 0 aliphatic heterocycles. The Morgan fingerprint density at radius 3 is 2.63 bits per heavy atom. The van der Waals surface area contributed by atoms with Gasteiger partial charge in [-0.15, -0.1) is 10.2 Å². The van der Waals surface area contributed by atoms with E-state index in [1.807, 2.05) is 41.8 Å². The first kappa shape index (κ1) is 18.0. The third-order valence-corrected chi connectivity index (χ3v) is 5.36. The van der Waals surface area contributed by atoms with Crippen LogP contribution in [0.15, 0.2) is 61.2 Å². The van der Waals surface area contributed by atoms with Crippen molar-refractivity contribution in [3.05, 3.63) is 64.4 Å². The number of furan rings is 1. The van der Waals surface area contributed by atoms with E-state index in [9.17, 15) is 0 Å². The fraction of sp³-hybridized carbons (Fsp3) is 0.222. The predicted octanol–water partition coefficient (Wildman–Crippen LogP) is 4.89. The first-order valence-electron chi connectivity index (χ1n) is 8.30. The molecule has 0 aliphatic rings. The van der Waals surface area contributed by atoms with Crippen molar-refractivity contribution in [3.8, 4) is 11.6 Å². The summed E-state index contributed by atoms with van der Waals surface area (Å²) in [6.07, 6.45) is 0. The molecule has 0 bridgehead atoms. The van der Waals surface area contributed by atoms with Gasteiger partial charge in [0, 0.05) is 0 Å². The average Bonchev–Trinajstić information content (AvgIpc) is 3.37. The molecule has 0 fully saturated rings. The molecule has 1 unspecified atom stereocenters. The molecule has 0 aliphatic carbocycles. The lowest BCUT2D eigenvalue weighted by molar-refractivity contribution is 0.376. The van der Waals surface area contributed by atoms with Crippen LogP contribution in [0.3, 0.4) is 0 Å². The van der Waals surface area contributed by atoms with Gasteiger partial charge in [-0.1, -0.05) is 47.3 Å².